The topological polar surface area (TPSA) is 50.4 Å². The number of nitrogens with one attached hydrogen (secondary N) is 2. The second-order valence-electron chi connectivity index (χ2n) is 4.22. The molecule has 0 saturated heterocycles. The van der Waals surface area contributed by atoms with Gasteiger partial charge < -0.3 is 15.4 Å². The SMILES string of the molecule is COCCCCNCc1ccccc1NC(C)=O. The van der Waals surface area contributed by atoms with E-state index in [1.165, 1.54) is 6.92 Å². The van der Waals surface area contributed by atoms with Crippen molar-refractivity contribution in [1.82, 2.24) is 5.32 Å². The Kier molecular flexibility index (Phi) is 7.06. The van der Waals surface area contributed by atoms with Crippen molar-refractivity contribution >= 4 is 11.6 Å². The summed E-state index contributed by atoms with van der Waals surface area (Å²) in [6.07, 6.45) is 2.16. The van der Waals surface area contributed by atoms with Crippen LogP contribution in [0.15, 0.2) is 24.3 Å². The van der Waals surface area contributed by atoms with E-state index in [0.29, 0.717) is 0 Å². The maximum atomic E-state index is 11.1. The zero-order valence-electron chi connectivity index (χ0n) is 11.2. The molecule has 0 aliphatic carbocycles. The molecule has 0 aliphatic rings. The monoisotopic (exact) mass is 250 g/mol. The lowest BCUT2D eigenvalue weighted by Crippen LogP contribution is -2.17. The number of anilines is 1. The summed E-state index contributed by atoms with van der Waals surface area (Å²) in [6, 6.07) is 7.84. The van der Waals surface area contributed by atoms with Crippen LogP contribution in [0.4, 0.5) is 5.69 Å². The maximum Gasteiger partial charge on any atom is 0.221 e. The largest absolute Gasteiger partial charge is 0.385 e. The van der Waals surface area contributed by atoms with Gasteiger partial charge in [0.15, 0.2) is 0 Å². The third-order valence-electron chi connectivity index (χ3n) is 2.60. The summed E-state index contributed by atoms with van der Waals surface area (Å²) in [6.45, 7) is 4.06. The molecule has 0 aromatic heterocycles. The highest BCUT2D eigenvalue weighted by atomic mass is 16.5. The number of methoxy groups -OCH3 is 1. The molecule has 1 aromatic rings. The van der Waals surface area contributed by atoms with Crippen molar-refractivity contribution in [2.75, 3.05) is 25.6 Å². The number of carbonyl (C=O) groups is 1. The quantitative estimate of drug-likeness (QED) is 0.695. The molecule has 0 atom stereocenters. The van der Waals surface area contributed by atoms with Crippen molar-refractivity contribution in [3.05, 3.63) is 29.8 Å². The van der Waals surface area contributed by atoms with E-state index < -0.39 is 0 Å². The van der Waals surface area contributed by atoms with E-state index in [-0.39, 0.29) is 5.91 Å². The molecule has 0 heterocycles. The number of ether oxygens (including phenoxy) is 1. The van der Waals surface area contributed by atoms with Crippen molar-refractivity contribution in [2.24, 2.45) is 0 Å². The van der Waals surface area contributed by atoms with Gasteiger partial charge in [0, 0.05) is 32.9 Å². The Bertz CT molecular complexity index is 367. The van der Waals surface area contributed by atoms with Gasteiger partial charge in [0.05, 0.1) is 0 Å². The molecule has 0 aliphatic heterocycles. The third-order valence-corrected chi connectivity index (χ3v) is 2.60. The standard InChI is InChI=1S/C14H22N2O2/c1-12(17)16-14-8-4-3-7-13(14)11-15-9-5-6-10-18-2/h3-4,7-8,15H,5-6,9-11H2,1-2H3,(H,16,17). The Morgan fingerprint density at radius 1 is 1.28 bits per heavy atom. The van der Waals surface area contributed by atoms with Crippen LogP contribution >= 0.6 is 0 Å². The summed E-state index contributed by atoms with van der Waals surface area (Å²) in [5, 5.41) is 6.20. The van der Waals surface area contributed by atoms with E-state index in [2.05, 4.69) is 10.6 Å². The smallest absolute Gasteiger partial charge is 0.221 e. The third kappa shape index (κ3) is 5.80. The van der Waals surface area contributed by atoms with Crippen molar-refractivity contribution < 1.29 is 9.53 Å². The molecular formula is C14H22N2O2. The Labute approximate surface area is 109 Å². The van der Waals surface area contributed by atoms with Crippen LogP contribution in [-0.2, 0) is 16.1 Å². The van der Waals surface area contributed by atoms with Crippen LogP contribution in [0.25, 0.3) is 0 Å². The van der Waals surface area contributed by atoms with Gasteiger partial charge in [-0.3, -0.25) is 4.79 Å². The van der Waals surface area contributed by atoms with E-state index in [9.17, 15) is 4.79 Å². The lowest BCUT2D eigenvalue weighted by molar-refractivity contribution is -0.114. The summed E-state index contributed by atoms with van der Waals surface area (Å²) in [5.74, 6) is -0.0393. The van der Waals surface area contributed by atoms with Crippen LogP contribution in [0.3, 0.4) is 0 Å². The predicted octanol–water partition coefficient (Wildman–Crippen LogP) is 2.16. The van der Waals surface area contributed by atoms with Crippen LogP contribution in [0.5, 0.6) is 0 Å². The first-order chi connectivity index (χ1) is 8.74. The van der Waals surface area contributed by atoms with E-state index in [1.54, 1.807) is 7.11 Å². The Morgan fingerprint density at radius 3 is 2.78 bits per heavy atom. The fourth-order valence-electron chi connectivity index (χ4n) is 1.71. The summed E-state index contributed by atoms with van der Waals surface area (Å²) in [7, 11) is 1.72. The first-order valence-electron chi connectivity index (χ1n) is 6.29. The van der Waals surface area contributed by atoms with Crippen LogP contribution in [0.1, 0.15) is 25.3 Å². The predicted molar refractivity (Wildman–Crippen MR) is 73.6 cm³/mol. The fourth-order valence-corrected chi connectivity index (χ4v) is 1.71. The normalized spacial score (nSPS) is 10.3. The number of para-hydroxylation sites is 1. The minimum absolute atomic E-state index is 0.0393. The Morgan fingerprint density at radius 2 is 2.06 bits per heavy atom. The van der Waals surface area contributed by atoms with Crippen molar-refractivity contribution in [3.8, 4) is 0 Å². The van der Waals surface area contributed by atoms with E-state index in [4.69, 9.17) is 4.74 Å². The van der Waals surface area contributed by atoms with Crippen LogP contribution < -0.4 is 10.6 Å². The zero-order valence-corrected chi connectivity index (χ0v) is 11.2. The molecule has 18 heavy (non-hydrogen) atoms. The number of carbonyl (C=O) groups excluding carboxylic acids is 1. The molecule has 0 unspecified atom stereocenters. The highest BCUT2D eigenvalue weighted by molar-refractivity contribution is 5.89. The number of benzene rings is 1. The van der Waals surface area contributed by atoms with Gasteiger partial charge in [-0.2, -0.15) is 0 Å². The van der Waals surface area contributed by atoms with E-state index in [1.807, 2.05) is 24.3 Å². The molecule has 0 fully saturated rings. The molecule has 1 aromatic carbocycles. The number of unbranched alkanes of at least 4 members (excludes halogenated alkanes) is 1. The molecule has 0 saturated carbocycles. The maximum absolute atomic E-state index is 11.1. The molecule has 100 valence electrons. The molecule has 4 nitrogen and oxygen atoms in total. The van der Waals surface area contributed by atoms with E-state index >= 15 is 0 Å². The average Bonchev–Trinajstić information content (AvgIpc) is 2.35. The van der Waals surface area contributed by atoms with Crippen LogP contribution in [0.2, 0.25) is 0 Å². The summed E-state index contributed by atoms with van der Waals surface area (Å²) < 4.78 is 4.99. The molecule has 4 heteroatoms. The molecule has 2 N–H and O–H groups in total. The first-order valence-corrected chi connectivity index (χ1v) is 6.29. The van der Waals surface area contributed by atoms with Crippen molar-refractivity contribution in [2.45, 2.75) is 26.3 Å². The number of amides is 1. The van der Waals surface area contributed by atoms with Crippen molar-refractivity contribution in [1.29, 1.82) is 0 Å². The lowest BCUT2D eigenvalue weighted by Gasteiger charge is -2.10. The molecule has 0 spiro atoms. The lowest BCUT2D eigenvalue weighted by atomic mass is 10.1. The second kappa shape index (κ2) is 8.66. The van der Waals surface area contributed by atoms with Crippen LogP contribution in [0, 0.1) is 0 Å². The molecule has 0 bridgehead atoms. The molecule has 1 amide bonds. The van der Waals surface area contributed by atoms with Gasteiger partial charge in [0.25, 0.3) is 0 Å². The van der Waals surface area contributed by atoms with Gasteiger partial charge in [-0.05, 0) is 31.0 Å². The van der Waals surface area contributed by atoms with Gasteiger partial charge in [0.1, 0.15) is 0 Å². The molecular weight excluding hydrogens is 228 g/mol. The minimum Gasteiger partial charge on any atom is -0.385 e. The zero-order chi connectivity index (χ0) is 13.2. The number of rotatable bonds is 8. The summed E-state index contributed by atoms with van der Waals surface area (Å²) >= 11 is 0. The second-order valence-corrected chi connectivity index (χ2v) is 4.22. The van der Waals surface area contributed by atoms with Gasteiger partial charge >= 0.3 is 0 Å². The average molecular weight is 250 g/mol. The Hall–Kier alpha value is -1.39. The molecule has 1 rings (SSSR count). The minimum atomic E-state index is -0.0393. The highest BCUT2D eigenvalue weighted by Crippen LogP contribution is 2.14. The first kappa shape index (κ1) is 14.7. The summed E-state index contributed by atoms with van der Waals surface area (Å²) in [4.78, 5) is 11.1. The molecule has 0 radical (unpaired) electrons. The van der Waals surface area contributed by atoms with Gasteiger partial charge in [0.2, 0.25) is 5.91 Å². The van der Waals surface area contributed by atoms with Gasteiger partial charge in [-0.15, -0.1) is 0 Å². The van der Waals surface area contributed by atoms with E-state index in [0.717, 1.165) is 43.8 Å². The number of hydrogen-bond acceptors (Lipinski definition) is 3. The van der Waals surface area contributed by atoms with Crippen LogP contribution in [-0.4, -0.2) is 26.2 Å². The van der Waals surface area contributed by atoms with Gasteiger partial charge in [-0.25, -0.2) is 0 Å². The summed E-state index contributed by atoms with van der Waals surface area (Å²) in [5.41, 5.74) is 1.99. The number of hydrogen-bond donors (Lipinski definition) is 2. The Balaban J connectivity index is 2.34. The van der Waals surface area contributed by atoms with Crippen molar-refractivity contribution in [3.63, 3.8) is 0 Å². The fraction of sp³-hybridized carbons (Fsp3) is 0.500. The highest BCUT2D eigenvalue weighted by Gasteiger charge is 2.02. The van der Waals surface area contributed by atoms with Gasteiger partial charge in [-0.1, -0.05) is 18.2 Å².